The van der Waals surface area contributed by atoms with Crippen molar-refractivity contribution in [3.63, 3.8) is 0 Å². The van der Waals surface area contributed by atoms with Crippen molar-refractivity contribution in [2.24, 2.45) is 0 Å². The van der Waals surface area contributed by atoms with Gasteiger partial charge in [-0.25, -0.2) is 0 Å². The van der Waals surface area contributed by atoms with Gasteiger partial charge in [0.15, 0.2) is 0 Å². The Morgan fingerprint density at radius 1 is 1.17 bits per heavy atom. The van der Waals surface area contributed by atoms with Crippen molar-refractivity contribution in [1.82, 2.24) is 20.1 Å². The number of hydrogen-bond acceptors (Lipinski definition) is 6. The van der Waals surface area contributed by atoms with E-state index < -0.39 is 24.0 Å². The molecule has 0 aromatic carbocycles. The summed E-state index contributed by atoms with van der Waals surface area (Å²) in [5.41, 5.74) is -0.463. The summed E-state index contributed by atoms with van der Waals surface area (Å²) in [6.45, 7) is 8.26. The molecule has 1 aliphatic rings. The fourth-order valence-electron chi connectivity index (χ4n) is 2.20. The zero-order valence-electron chi connectivity index (χ0n) is 15.0. The van der Waals surface area contributed by atoms with Crippen molar-refractivity contribution in [3.8, 4) is 0 Å². The molecule has 8 heteroatoms. The van der Waals surface area contributed by atoms with Crippen LogP contribution in [0.4, 0.5) is 10.7 Å². The van der Waals surface area contributed by atoms with Gasteiger partial charge in [0.05, 0.1) is 0 Å². The maximum atomic E-state index is 12.1. The van der Waals surface area contributed by atoms with Crippen molar-refractivity contribution in [1.29, 1.82) is 0 Å². The molecule has 7 nitrogen and oxygen atoms in total. The van der Waals surface area contributed by atoms with Gasteiger partial charge in [0.2, 0.25) is 0 Å². The Hall–Kier alpha value is -1.12. The van der Waals surface area contributed by atoms with Gasteiger partial charge in [0.1, 0.15) is 0 Å². The maximum absolute atomic E-state index is 12.1. The molecule has 0 radical (unpaired) electrons. The Balaban J connectivity index is 1.98. The van der Waals surface area contributed by atoms with Gasteiger partial charge >= 0.3 is 142 Å². The molecule has 128 valence electrons. The van der Waals surface area contributed by atoms with Crippen LogP contribution in [0.5, 0.6) is 0 Å². The molecule has 23 heavy (non-hydrogen) atoms. The molecule has 0 bridgehead atoms. The van der Waals surface area contributed by atoms with E-state index in [1.807, 2.05) is 20.8 Å². The average Bonchev–Trinajstić information content (AvgIpc) is 2.45. The molecule has 0 saturated carbocycles. The molecule has 0 atom stereocenters. The molecule has 1 amide bonds. The van der Waals surface area contributed by atoms with Crippen LogP contribution >= 0.6 is 0 Å². The number of carbonyl (C=O) groups is 1. The van der Waals surface area contributed by atoms with Crippen LogP contribution in [0, 0.1) is 0 Å². The standard InChI is InChI=1S/C12H18N5O2.3CH3.Sn/c1-12(2,3)19-11(18)17-8-6-16(7-9-17)10-13-4-5-14-15-10;;;;/h5H,6-9H2,1-3H3;3*1H3;. The van der Waals surface area contributed by atoms with E-state index in [1.165, 1.54) is 0 Å². The molecular weight excluding hydrogens is 401 g/mol. The summed E-state index contributed by atoms with van der Waals surface area (Å²) >= 11 is -2.25. The second kappa shape index (κ2) is 6.78. The molecule has 2 rings (SSSR count). The molecular formula is C15H27N5O2Sn. The van der Waals surface area contributed by atoms with Gasteiger partial charge in [-0.1, -0.05) is 0 Å². The fraction of sp³-hybridized carbons (Fsp3) is 0.733. The molecule has 1 aliphatic heterocycles. The minimum atomic E-state index is -2.25. The van der Waals surface area contributed by atoms with E-state index in [-0.39, 0.29) is 6.09 Å². The Morgan fingerprint density at radius 2 is 1.78 bits per heavy atom. The first-order valence-electron chi connectivity index (χ1n) is 7.99. The van der Waals surface area contributed by atoms with Gasteiger partial charge in [-0.3, -0.25) is 0 Å². The predicted molar refractivity (Wildman–Crippen MR) is 92.8 cm³/mol. The summed E-state index contributed by atoms with van der Waals surface area (Å²) < 4.78 is 6.54. The summed E-state index contributed by atoms with van der Waals surface area (Å²) in [5.74, 6) is 0.679. The van der Waals surface area contributed by atoms with Crippen molar-refractivity contribution in [2.45, 2.75) is 41.2 Å². The third-order valence-electron chi connectivity index (χ3n) is 3.53. The van der Waals surface area contributed by atoms with E-state index in [1.54, 1.807) is 11.1 Å². The number of ether oxygens (including phenoxy) is 1. The molecule has 0 N–H and O–H groups in total. The van der Waals surface area contributed by atoms with Crippen LogP contribution in [0.1, 0.15) is 20.8 Å². The molecule has 1 fully saturated rings. The van der Waals surface area contributed by atoms with Crippen molar-refractivity contribution < 1.29 is 9.53 Å². The van der Waals surface area contributed by atoms with Crippen LogP contribution in [0.3, 0.4) is 0 Å². The summed E-state index contributed by atoms with van der Waals surface area (Å²) in [6.07, 6.45) is 1.55. The number of hydrogen-bond donors (Lipinski definition) is 0. The minimum absolute atomic E-state index is 0.254. The van der Waals surface area contributed by atoms with Gasteiger partial charge in [-0.2, -0.15) is 0 Å². The number of nitrogens with zero attached hydrogens (tertiary/aromatic N) is 5. The molecule has 1 aromatic rings. The Bertz CT molecular complexity index is 560. The SMILES string of the molecule is CC(C)(C)OC(=O)N1CCN(c2nnc[c]([Sn]([CH3])([CH3])[CH3])n2)CC1. The summed E-state index contributed by atoms with van der Waals surface area (Å²) in [7, 11) is 0. The number of piperazine rings is 1. The first-order valence-corrected chi connectivity index (χ1v) is 18.0. The van der Waals surface area contributed by atoms with Crippen molar-refractivity contribution in [2.75, 3.05) is 31.1 Å². The van der Waals surface area contributed by atoms with Gasteiger partial charge in [0.25, 0.3) is 0 Å². The molecule has 2 heterocycles. The van der Waals surface area contributed by atoms with Crippen LogP contribution in [0.2, 0.25) is 14.8 Å². The fourth-order valence-corrected chi connectivity index (χ4v) is 4.72. The zero-order chi connectivity index (χ0) is 17.3. The normalized spacial score (nSPS) is 16.4. The number of amides is 1. The van der Waals surface area contributed by atoms with Crippen molar-refractivity contribution in [3.05, 3.63) is 6.20 Å². The number of carbonyl (C=O) groups excluding carboxylic acids is 1. The summed E-state index contributed by atoms with van der Waals surface area (Å²) in [4.78, 5) is 27.6. The molecule has 0 spiro atoms. The van der Waals surface area contributed by atoms with Gasteiger partial charge in [0, 0.05) is 0 Å². The number of anilines is 1. The van der Waals surface area contributed by atoms with Crippen molar-refractivity contribution >= 4 is 34.1 Å². The van der Waals surface area contributed by atoms with Gasteiger partial charge < -0.3 is 0 Å². The average molecular weight is 428 g/mol. The molecule has 0 aliphatic carbocycles. The Kier molecular flexibility index (Phi) is 5.37. The first kappa shape index (κ1) is 18.2. The van der Waals surface area contributed by atoms with Crippen LogP contribution in [-0.2, 0) is 4.74 Å². The Morgan fingerprint density at radius 3 is 2.30 bits per heavy atom. The third kappa shape index (κ3) is 5.19. The van der Waals surface area contributed by atoms with Crippen LogP contribution in [0.15, 0.2) is 6.20 Å². The number of aromatic nitrogens is 3. The predicted octanol–water partition coefficient (Wildman–Crippen LogP) is 1.47. The molecule has 0 unspecified atom stereocenters. The monoisotopic (exact) mass is 429 g/mol. The van der Waals surface area contributed by atoms with E-state index in [2.05, 4.69) is 29.9 Å². The van der Waals surface area contributed by atoms with Crippen LogP contribution < -0.4 is 8.61 Å². The van der Waals surface area contributed by atoms with Gasteiger partial charge in [-0.15, -0.1) is 0 Å². The van der Waals surface area contributed by atoms with E-state index in [4.69, 9.17) is 9.72 Å². The summed E-state index contributed by atoms with van der Waals surface area (Å²) in [6, 6.07) is 0. The number of rotatable bonds is 2. The van der Waals surface area contributed by atoms with E-state index in [0.717, 1.165) is 3.71 Å². The van der Waals surface area contributed by atoms with E-state index in [0.29, 0.717) is 32.1 Å². The van der Waals surface area contributed by atoms with Crippen LogP contribution in [-0.4, -0.2) is 76.3 Å². The molecule has 1 saturated heterocycles. The third-order valence-corrected chi connectivity index (χ3v) is 8.60. The van der Waals surface area contributed by atoms with E-state index in [9.17, 15) is 4.79 Å². The second-order valence-electron chi connectivity index (χ2n) is 7.85. The first-order chi connectivity index (χ1) is 10.6. The quantitative estimate of drug-likeness (QED) is 0.665. The van der Waals surface area contributed by atoms with Crippen LogP contribution in [0.25, 0.3) is 0 Å². The second-order valence-corrected chi connectivity index (χ2v) is 22.2. The Labute approximate surface area is 142 Å². The van der Waals surface area contributed by atoms with E-state index >= 15 is 0 Å². The zero-order valence-corrected chi connectivity index (χ0v) is 17.8. The molecule has 1 aromatic heterocycles. The summed E-state index contributed by atoms with van der Waals surface area (Å²) in [5, 5.41) is 8.29. The van der Waals surface area contributed by atoms with Gasteiger partial charge in [-0.05, 0) is 0 Å². The topological polar surface area (TPSA) is 71.5 Å².